The lowest BCUT2D eigenvalue weighted by Crippen LogP contribution is -2.34. The number of hydrogen-bond donors (Lipinski definition) is 2. The summed E-state index contributed by atoms with van der Waals surface area (Å²) in [5.74, 6) is -1.02. The molecule has 0 bridgehead atoms. The van der Waals surface area contributed by atoms with Gasteiger partial charge in [0.25, 0.3) is 0 Å². The third-order valence-electron chi connectivity index (χ3n) is 4.62. The maximum Gasteiger partial charge on any atom is 0.306 e. The maximum atomic E-state index is 12.3. The van der Waals surface area contributed by atoms with Gasteiger partial charge >= 0.3 is 5.97 Å². The second-order valence-electron chi connectivity index (χ2n) is 6.17. The van der Waals surface area contributed by atoms with E-state index in [0.717, 1.165) is 18.4 Å². The van der Waals surface area contributed by atoms with E-state index in [1.807, 2.05) is 6.07 Å². The second-order valence-corrected chi connectivity index (χ2v) is 7.01. The lowest BCUT2D eigenvalue weighted by molar-refractivity contribution is -0.141. The molecular weight excluding hydrogens is 325 g/mol. The van der Waals surface area contributed by atoms with Gasteiger partial charge in [-0.05, 0) is 49.3 Å². The normalized spacial score (nSPS) is 30.1. The Kier molecular flexibility index (Phi) is 4.33. The fraction of sp³-hybridized carbons (Fsp3) is 0.500. The van der Waals surface area contributed by atoms with Crippen molar-refractivity contribution in [3.05, 3.63) is 33.8 Å². The Labute approximate surface area is 138 Å². The molecule has 0 heterocycles. The van der Waals surface area contributed by atoms with E-state index in [9.17, 15) is 9.59 Å². The largest absolute Gasteiger partial charge is 0.481 e. The minimum Gasteiger partial charge on any atom is -0.481 e. The zero-order valence-electron chi connectivity index (χ0n) is 11.9. The van der Waals surface area contributed by atoms with Gasteiger partial charge in [-0.2, -0.15) is 0 Å². The molecule has 1 amide bonds. The van der Waals surface area contributed by atoms with E-state index in [4.69, 9.17) is 28.3 Å². The van der Waals surface area contributed by atoms with Crippen LogP contribution in [0.3, 0.4) is 0 Å². The lowest BCUT2D eigenvalue weighted by atomic mass is 10.1. The zero-order chi connectivity index (χ0) is 15.9. The molecule has 118 valence electrons. The maximum absolute atomic E-state index is 12.3. The fourth-order valence-electron chi connectivity index (χ4n) is 3.28. The van der Waals surface area contributed by atoms with Gasteiger partial charge in [0.2, 0.25) is 5.91 Å². The molecule has 4 nitrogen and oxygen atoms in total. The molecule has 22 heavy (non-hydrogen) atoms. The highest BCUT2D eigenvalue weighted by atomic mass is 35.5. The van der Waals surface area contributed by atoms with E-state index in [0.29, 0.717) is 22.9 Å². The predicted octanol–water partition coefficient (Wildman–Crippen LogP) is 3.47. The smallest absolute Gasteiger partial charge is 0.306 e. The summed E-state index contributed by atoms with van der Waals surface area (Å²) < 4.78 is 0. The van der Waals surface area contributed by atoms with Crippen molar-refractivity contribution in [2.45, 2.75) is 37.6 Å². The molecule has 2 fully saturated rings. The first kappa shape index (κ1) is 15.6. The van der Waals surface area contributed by atoms with Crippen molar-refractivity contribution < 1.29 is 14.7 Å². The van der Waals surface area contributed by atoms with Crippen molar-refractivity contribution in [3.8, 4) is 0 Å². The van der Waals surface area contributed by atoms with Crippen molar-refractivity contribution >= 4 is 35.1 Å². The van der Waals surface area contributed by atoms with Crippen LogP contribution in [0.1, 0.15) is 37.2 Å². The number of halogens is 2. The Morgan fingerprint density at radius 1 is 1.18 bits per heavy atom. The van der Waals surface area contributed by atoms with E-state index in [1.54, 1.807) is 12.1 Å². The summed E-state index contributed by atoms with van der Waals surface area (Å²) in [6.45, 7) is 0. The number of hydrogen-bond acceptors (Lipinski definition) is 2. The van der Waals surface area contributed by atoms with Gasteiger partial charge in [0.15, 0.2) is 0 Å². The molecule has 0 radical (unpaired) electrons. The second kappa shape index (κ2) is 6.09. The van der Waals surface area contributed by atoms with Crippen LogP contribution >= 0.6 is 23.2 Å². The highest BCUT2D eigenvalue weighted by molar-refractivity contribution is 6.35. The van der Waals surface area contributed by atoms with Gasteiger partial charge in [0, 0.05) is 22.0 Å². The number of amides is 1. The third kappa shape index (κ3) is 3.23. The number of aliphatic carboxylic acids is 1. The minimum atomic E-state index is -0.769. The van der Waals surface area contributed by atoms with Gasteiger partial charge in [-0.1, -0.05) is 29.3 Å². The molecule has 2 aliphatic rings. The summed E-state index contributed by atoms with van der Waals surface area (Å²) in [5, 5.41) is 13.2. The predicted molar refractivity (Wildman–Crippen MR) is 84.2 cm³/mol. The molecule has 0 aliphatic heterocycles. The third-order valence-corrected chi connectivity index (χ3v) is 5.18. The topological polar surface area (TPSA) is 66.4 Å². The number of nitrogens with one attached hydrogen (secondary N) is 1. The number of rotatable bonds is 4. The first-order valence-corrected chi connectivity index (χ1v) is 8.19. The highest BCUT2D eigenvalue weighted by Gasteiger charge is 2.45. The lowest BCUT2D eigenvalue weighted by Gasteiger charge is -2.12. The summed E-state index contributed by atoms with van der Waals surface area (Å²) in [6.07, 6.45) is 2.68. The molecule has 2 N–H and O–H groups in total. The van der Waals surface area contributed by atoms with Crippen molar-refractivity contribution in [3.63, 3.8) is 0 Å². The summed E-state index contributed by atoms with van der Waals surface area (Å²) in [7, 11) is 0. The molecule has 2 unspecified atom stereocenters. The average Bonchev–Trinajstić information content (AvgIpc) is 3.10. The average molecular weight is 342 g/mol. The molecule has 4 atom stereocenters. The van der Waals surface area contributed by atoms with Gasteiger partial charge in [0.05, 0.1) is 5.92 Å². The Morgan fingerprint density at radius 2 is 1.95 bits per heavy atom. The fourth-order valence-corrected chi connectivity index (χ4v) is 3.82. The molecule has 0 saturated heterocycles. The van der Waals surface area contributed by atoms with Crippen LogP contribution < -0.4 is 5.32 Å². The highest BCUT2D eigenvalue weighted by Crippen LogP contribution is 2.50. The molecule has 0 spiro atoms. The molecule has 1 aromatic carbocycles. The SMILES string of the molecule is O=C(N[C@@H]1CC[C@H](C(=O)O)C1)C1CC1c1ccc(Cl)cc1Cl. The molecule has 2 aliphatic carbocycles. The van der Waals surface area contributed by atoms with E-state index in [2.05, 4.69) is 5.32 Å². The van der Waals surface area contributed by atoms with Gasteiger partial charge in [-0.15, -0.1) is 0 Å². The summed E-state index contributed by atoms with van der Waals surface area (Å²) in [4.78, 5) is 23.2. The number of carbonyl (C=O) groups is 2. The van der Waals surface area contributed by atoms with Gasteiger partial charge in [-0.3, -0.25) is 9.59 Å². The summed E-state index contributed by atoms with van der Waals surface area (Å²) >= 11 is 12.1. The van der Waals surface area contributed by atoms with Crippen LogP contribution in [-0.2, 0) is 9.59 Å². The van der Waals surface area contributed by atoms with Crippen LogP contribution in [0.25, 0.3) is 0 Å². The minimum absolute atomic E-state index is 0.00653. The first-order chi connectivity index (χ1) is 10.5. The van der Waals surface area contributed by atoms with E-state index < -0.39 is 5.97 Å². The molecule has 1 aromatic rings. The first-order valence-electron chi connectivity index (χ1n) is 7.44. The van der Waals surface area contributed by atoms with Crippen LogP contribution in [0.15, 0.2) is 18.2 Å². The van der Waals surface area contributed by atoms with E-state index in [1.165, 1.54) is 0 Å². The quantitative estimate of drug-likeness (QED) is 0.881. The number of benzene rings is 1. The van der Waals surface area contributed by atoms with Crippen molar-refractivity contribution in [2.24, 2.45) is 11.8 Å². The van der Waals surface area contributed by atoms with Gasteiger partial charge in [-0.25, -0.2) is 0 Å². The standard InChI is InChI=1S/C16H17Cl2NO3/c17-9-2-4-11(14(18)6-9)12-7-13(12)15(20)19-10-3-1-8(5-10)16(21)22/h2,4,6,8,10,12-13H,1,3,5,7H2,(H,19,20)(H,21,22)/t8-,10+,12?,13?/m0/s1. The Morgan fingerprint density at radius 3 is 2.59 bits per heavy atom. The zero-order valence-corrected chi connectivity index (χ0v) is 13.4. The van der Waals surface area contributed by atoms with Crippen molar-refractivity contribution in [2.75, 3.05) is 0 Å². The molecule has 6 heteroatoms. The van der Waals surface area contributed by atoms with E-state index in [-0.39, 0.29) is 29.7 Å². The Balaban J connectivity index is 1.56. The van der Waals surface area contributed by atoms with Crippen molar-refractivity contribution in [1.82, 2.24) is 5.32 Å². The van der Waals surface area contributed by atoms with Crippen LogP contribution in [0.4, 0.5) is 0 Å². The van der Waals surface area contributed by atoms with Crippen LogP contribution in [0.2, 0.25) is 10.0 Å². The molecule has 2 saturated carbocycles. The number of carboxylic acid groups (broad SMARTS) is 1. The van der Waals surface area contributed by atoms with Crippen LogP contribution in [0.5, 0.6) is 0 Å². The molecule has 3 rings (SSSR count). The Hall–Kier alpha value is -1.26. The van der Waals surface area contributed by atoms with Crippen LogP contribution in [0, 0.1) is 11.8 Å². The van der Waals surface area contributed by atoms with E-state index >= 15 is 0 Å². The summed E-state index contributed by atoms with van der Waals surface area (Å²) in [6, 6.07) is 5.33. The number of carboxylic acids is 1. The number of carbonyl (C=O) groups excluding carboxylic acids is 1. The monoisotopic (exact) mass is 341 g/mol. The summed E-state index contributed by atoms with van der Waals surface area (Å²) in [5.41, 5.74) is 0.959. The molecule has 0 aromatic heterocycles. The molecular formula is C16H17Cl2NO3. The Bertz CT molecular complexity index is 619. The van der Waals surface area contributed by atoms with Crippen molar-refractivity contribution in [1.29, 1.82) is 0 Å². The van der Waals surface area contributed by atoms with Crippen LogP contribution in [-0.4, -0.2) is 23.0 Å². The van der Waals surface area contributed by atoms with Gasteiger partial charge < -0.3 is 10.4 Å². The van der Waals surface area contributed by atoms with Gasteiger partial charge in [0.1, 0.15) is 0 Å².